The summed E-state index contributed by atoms with van der Waals surface area (Å²) in [6, 6.07) is 0. The maximum Gasteiger partial charge on any atom is 0.192 e. The summed E-state index contributed by atoms with van der Waals surface area (Å²) >= 11 is 0. The molecule has 4 rings (SSSR count). The van der Waals surface area contributed by atoms with Gasteiger partial charge < -0.3 is 8.85 Å². The third kappa shape index (κ3) is 5.55. The van der Waals surface area contributed by atoms with E-state index in [-0.39, 0.29) is 5.04 Å². The summed E-state index contributed by atoms with van der Waals surface area (Å²) < 4.78 is 14.3. The van der Waals surface area contributed by atoms with Gasteiger partial charge in [-0.15, -0.1) is 0 Å². The fourth-order valence-electron chi connectivity index (χ4n) is 7.29. The smallest absolute Gasteiger partial charge is 0.192 e. The van der Waals surface area contributed by atoms with Crippen LogP contribution in [-0.2, 0) is 8.85 Å². The van der Waals surface area contributed by atoms with Crippen LogP contribution < -0.4 is 0 Å². The summed E-state index contributed by atoms with van der Waals surface area (Å²) in [6.07, 6.45) is 22.4. The zero-order valence-corrected chi connectivity index (χ0v) is 27.6. The van der Waals surface area contributed by atoms with E-state index >= 15 is 0 Å². The molecule has 5 heteroatoms. The first-order valence-corrected chi connectivity index (χ1v) is 21.5. The van der Waals surface area contributed by atoms with Crippen molar-refractivity contribution in [3.8, 4) is 0 Å². The van der Waals surface area contributed by atoms with E-state index in [0.29, 0.717) is 52.0 Å². The Hall–Kier alpha value is -0.469. The molecule has 2 fully saturated rings. The van der Waals surface area contributed by atoms with E-state index in [1.54, 1.807) is 0 Å². The number of allylic oxidation sites excluding steroid dienone is 8. The molecule has 0 N–H and O–H groups in total. The van der Waals surface area contributed by atoms with Gasteiger partial charge in [0.05, 0.1) is 8.07 Å². The van der Waals surface area contributed by atoms with E-state index in [4.69, 9.17) is 8.85 Å². The molecule has 196 valence electrons. The highest BCUT2D eigenvalue weighted by Gasteiger charge is 2.59. The maximum absolute atomic E-state index is 7.34. The first-order valence-electron chi connectivity index (χ1n) is 14.1. The molecule has 0 heterocycles. The summed E-state index contributed by atoms with van der Waals surface area (Å²) in [5.41, 5.74) is 1.31. The van der Waals surface area contributed by atoms with Crippen LogP contribution in [0, 0.1) is 23.7 Å². The van der Waals surface area contributed by atoms with Crippen LogP contribution in [0.25, 0.3) is 0 Å². The first-order chi connectivity index (χ1) is 16.1. The van der Waals surface area contributed by atoms with Crippen molar-refractivity contribution in [1.29, 1.82) is 0 Å². The molecule has 8 atom stereocenters. The van der Waals surface area contributed by atoms with Gasteiger partial charge >= 0.3 is 0 Å². The Kier molecular flexibility index (Phi) is 7.63. The second-order valence-corrected chi connectivity index (χ2v) is 27.7. The fraction of sp³-hybridized carbons (Fsp3) is 0.733. The van der Waals surface area contributed by atoms with Crippen LogP contribution in [-0.4, -0.2) is 38.4 Å². The second kappa shape index (κ2) is 9.68. The molecule has 8 unspecified atom stereocenters. The molecule has 0 aliphatic heterocycles. The Labute approximate surface area is 220 Å². The van der Waals surface area contributed by atoms with Crippen LogP contribution in [0.15, 0.2) is 48.6 Å². The Bertz CT molecular complexity index is 886. The number of rotatable bonds is 6. The molecule has 2 saturated carbocycles. The summed E-state index contributed by atoms with van der Waals surface area (Å²) in [6.45, 7) is 24.6. The number of hydrogen-bond acceptors (Lipinski definition) is 2. The maximum atomic E-state index is 7.34. The molecule has 0 bridgehead atoms. The lowest BCUT2D eigenvalue weighted by molar-refractivity contribution is 0.174. The Morgan fingerprint density at radius 3 is 1.63 bits per heavy atom. The van der Waals surface area contributed by atoms with Gasteiger partial charge in [-0.25, -0.2) is 0 Å². The molecule has 0 aromatic carbocycles. The third-order valence-corrected chi connectivity index (χ3v) is 20.8. The molecule has 0 aromatic rings. The van der Waals surface area contributed by atoms with Gasteiger partial charge in [0.1, 0.15) is 0 Å². The van der Waals surface area contributed by atoms with E-state index in [0.717, 1.165) is 0 Å². The van der Waals surface area contributed by atoms with Crippen LogP contribution in [0.5, 0.6) is 0 Å². The van der Waals surface area contributed by atoms with Crippen molar-refractivity contribution in [2.24, 2.45) is 23.7 Å². The largest absolute Gasteiger partial charge is 0.421 e. The number of fused-ring (bicyclic) bond motifs is 2. The van der Waals surface area contributed by atoms with Crippen molar-refractivity contribution in [3.05, 3.63) is 48.6 Å². The van der Waals surface area contributed by atoms with Gasteiger partial charge in [0.15, 0.2) is 18.1 Å². The minimum Gasteiger partial charge on any atom is -0.421 e. The molecule has 0 aromatic heterocycles. The van der Waals surface area contributed by atoms with Crippen molar-refractivity contribution in [2.75, 3.05) is 0 Å². The number of hydrogen-bond donors (Lipinski definition) is 0. The molecule has 0 radical (unpaired) electrons. The van der Waals surface area contributed by atoms with Crippen molar-refractivity contribution >= 4 is 26.2 Å². The van der Waals surface area contributed by atoms with Crippen LogP contribution in [0.4, 0.5) is 0 Å². The highest BCUT2D eigenvalue weighted by atomic mass is 28.4. The topological polar surface area (TPSA) is 18.5 Å². The molecule has 35 heavy (non-hydrogen) atoms. The summed E-state index contributed by atoms with van der Waals surface area (Å²) in [5.74, 6) is 2.54. The Balaban J connectivity index is 1.70. The van der Waals surface area contributed by atoms with Crippen molar-refractivity contribution < 1.29 is 8.85 Å². The van der Waals surface area contributed by atoms with Gasteiger partial charge in [0, 0.05) is 12.2 Å². The van der Waals surface area contributed by atoms with Crippen LogP contribution >= 0.6 is 0 Å². The summed E-state index contributed by atoms with van der Waals surface area (Å²) in [4.78, 5) is 0. The van der Waals surface area contributed by atoms with E-state index in [9.17, 15) is 0 Å². The second-order valence-electron chi connectivity index (χ2n) is 15.2. The summed E-state index contributed by atoms with van der Waals surface area (Å²) in [5, 5.41) is 0.570. The lowest BCUT2D eigenvalue weighted by atomic mass is 9.91. The predicted molar refractivity (Wildman–Crippen MR) is 160 cm³/mol. The third-order valence-electron chi connectivity index (χ3n) is 9.93. The standard InChI is InChI=1S/C30H52O2Si3/c1-29(2,3)33-31-25-19-21-15-11-13-17-23(21)27(25)34(7,8)28-24-18-14-12-16-22(24)20-26(28)32-35(9,10)30(4,5)6/h11-18,21-28H,19-20,33H2,1-10H3. The Morgan fingerprint density at radius 2 is 1.14 bits per heavy atom. The lowest BCUT2D eigenvalue weighted by Gasteiger charge is -2.48. The summed E-state index contributed by atoms with van der Waals surface area (Å²) in [7, 11) is -4.26. The minimum absolute atomic E-state index is 0.238. The van der Waals surface area contributed by atoms with Gasteiger partial charge in [-0.2, -0.15) is 0 Å². The monoisotopic (exact) mass is 528 g/mol. The lowest BCUT2D eigenvalue weighted by Crippen LogP contribution is -2.52. The molecule has 4 aliphatic carbocycles. The van der Waals surface area contributed by atoms with E-state index in [2.05, 4.69) is 116 Å². The SMILES string of the molecule is CC(C)(C)[SiH2]OC1CC2C=CC=CC2C1[Si](C)(C)C1C(O[Si](C)(C)C(C)(C)C)CC2C=CC=CC21. The molecular formula is C30H52O2Si3. The van der Waals surface area contributed by atoms with Crippen molar-refractivity contribution in [2.45, 2.75) is 114 Å². The van der Waals surface area contributed by atoms with E-state index < -0.39 is 26.2 Å². The van der Waals surface area contributed by atoms with Crippen LogP contribution in [0.2, 0.25) is 47.3 Å². The molecule has 0 amide bonds. The van der Waals surface area contributed by atoms with Crippen LogP contribution in [0.1, 0.15) is 54.4 Å². The first kappa shape index (κ1) is 27.6. The van der Waals surface area contributed by atoms with Crippen LogP contribution in [0.3, 0.4) is 0 Å². The molecule has 0 saturated heterocycles. The van der Waals surface area contributed by atoms with Gasteiger partial charge in [0.2, 0.25) is 0 Å². The average Bonchev–Trinajstić information content (AvgIpc) is 3.28. The molecule has 4 aliphatic rings. The normalized spacial score (nSPS) is 37.4. The molecule has 2 nitrogen and oxygen atoms in total. The van der Waals surface area contributed by atoms with Gasteiger partial charge in [-0.3, -0.25) is 0 Å². The van der Waals surface area contributed by atoms with Gasteiger partial charge in [-0.1, -0.05) is 103 Å². The fourth-order valence-corrected chi connectivity index (χ4v) is 15.5. The zero-order valence-electron chi connectivity index (χ0n) is 24.2. The Morgan fingerprint density at radius 1 is 0.686 bits per heavy atom. The highest BCUT2D eigenvalue weighted by Crippen LogP contribution is 2.61. The quantitative estimate of drug-likeness (QED) is 0.325. The van der Waals surface area contributed by atoms with Crippen molar-refractivity contribution in [3.63, 3.8) is 0 Å². The molecule has 0 spiro atoms. The van der Waals surface area contributed by atoms with Gasteiger partial charge in [-0.05, 0) is 70.8 Å². The minimum atomic E-state index is -1.86. The van der Waals surface area contributed by atoms with E-state index in [1.807, 2.05) is 0 Å². The average molecular weight is 529 g/mol. The predicted octanol–water partition coefficient (Wildman–Crippen LogP) is 8.04. The van der Waals surface area contributed by atoms with Crippen molar-refractivity contribution in [1.82, 2.24) is 0 Å². The molecular weight excluding hydrogens is 477 g/mol. The zero-order chi connectivity index (χ0) is 25.8. The van der Waals surface area contributed by atoms with E-state index in [1.165, 1.54) is 12.8 Å². The van der Waals surface area contributed by atoms with Gasteiger partial charge in [0.25, 0.3) is 0 Å². The highest BCUT2D eigenvalue weighted by molar-refractivity contribution is 6.81.